The Morgan fingerprint density at radius 1 is 1.37 bits per heavy atom. The number of hydrogen-bond acceptors (Lipinski definition) is 6. The molecule has 4 aliphatic heterocycles. The molecule has 2 amide bonds. The zero-order chi connectivity index (χ0) is 19.5. The van der Waals surface area contributed by atoms with Crippen LogP contribution < -0.4 is 10.6 Å². The molecule has 148 valence electrons. The molecule has 0 aromatic heterocycles. The van der Waals surface area contributed by atoms with Gasteiger partial charge >= 0.3 is 5.97 Å². The summed E-state index contributed by atoms with van der Waals surface area (Å²) in [5.41, 5.74) is 0.0845. The fourth-order valence-electron chi connectivity index (χ4n) is 4.77. The van der Waals surface area contributed by atoms with E-state index in [2.05, 4.69) is 10.6 Å². The fourth-order valence-corrected chi connectivity index (χ4v) is 6.29. The van der Waals surface area contributed by atoms with Crippen molar-refractivity contribution in [2.24, 2.45) is 17.8 Å². The minimum Gasteiger partial charge on any atom is -0.477 e. The van der Waals surface area contributed by atoms with E-state index in [-0.39, 0.29) is 46.7 Å². The maximum Gasteiger partial charge on any atom is 0.353 e. The van der Waals surface area contributed by atoms with Crippen molar-refractivity contribution in [1.82, 2.24) is 15.5 Å². The second-order valence-corrected chi connectivity index (χ2v) is 9.37. The molecule has 27 heavy (non-hydrogen) atoms. The number of carbonyl (C=O) groups is 3. The maximum absolute atomic E-state index is 12.4. The van der Waals surface area contributed by atoms with Crippen LogP contribution in [0.2, 0.25) is 0 Å². The van der Waals surface area contributed by atoms with Gasteiger partial charge in [-0.05, 0) is 19.8 Å². The summed E-state index contributed by atoms with van der Waals surface area (Å²) in [6, 6.07) is -0.0112. The van der Waals surface area contributed by atoms with Gasteiger partial charge in [0.15, 0.2) is 0 Å². The number of aliphatic hydroxyl groups is 1. The Hall–Kier alpha value is -1.58. The Morgan fingerprint density at radius 3 is 2.67 bits per heavy atom. The second-order valence-electron chi connectivity index (χ2n) is 8.03. The third-order valence-corrected chi connectivity index (χ3v) is 7.76. The summed E-state index contributed by atoms with van der Waals surface area (Å²) in [5, 5.41) is 26.0. The highest BCUT2D eigenvalue weighted by Crippen LogP contribution is 2.51. The average Bonchev–Trinajstić information content (AvgIpc) is 3.13. The van der Waals surface area contributed by atoms with Crippen LogP contribution in [-0.2, 0) is 14.4 Å². The molecule has 0 aliphatic carbocycles. The van der Waals surface area contributed by atoms with Gasteiger partial charge in [-0.25, -0.2) is 4.79 Å². The summed E-state index contributed by atoms with van der Waals surface area (Å²) in [7, 11) is 0. The van der Waals surface area contributed by atoms with Crippen molar-refractivity contribution in [2.45, 2.75) is 50.1 Å². The highest BCUT2D eigenvalue weighted by molar-refractivity contribution is 8.03. The van der Waals surface area contributed by atoms with Crippen LogP contribution in [0.4, 0.5) is 0 Å². The van der Waals surface area contributed by atoms with Gasteiger partial charge in [0.1, 0.15) is 5.70 Å². The molecule has 0 saturated carbocycles. The molecule has 4 aliphatic rings. The molecule has 4 rings (SSSR count). The topological polar surface area (TPSA) is 119 Å². The van der Waals surface area contributed by atoms with Crippen molar-refractivity contribution in [3.63, 3.8) is 0 Å². The van der Waals surface area contributed by atoms with Crippen LogP contribution in [0.25, 0.3) is 0 Å². The number of carbonyl (C=O) groups excluding carboxylic acids is 2. The average molecular weight is 395 g/mol. The lowest BCUT2D eigenvalue weighted by atomic mass is 9.79. The molecule has 0 radical (unpaired) electrons. The van der Waals surface area contributed by atoms with Gasteiger partial charge in [0.05, 0.1) is 24.0 Å². The molecule has 4 heterocycles. The molecule has 7 atom stereocenters. The highest BCUT2D eigenvalue weighted by Gasteiger charge is 2.60. The summed E-state index contributed by atoms with van der Waals surface area (Å²) < 4.78 is 0. The van der Waals surface area contributed by atoms with Crippen molar-refractivity contribution in [3.05, 3.63) is 10.6 Å². The van der Waals surface area contributed by atoms with Crippen LogP contribution >= 0.6 is 11.8 Å². The molecular formula is C18H25N3O5S. The van der Waals surface area contributed by atoms with Crippen LogP contribution in [0.15, 0.2) is 10.6 Å². The summed E-state index contributed by atoms with van der Waals surface area (Å²) >= 11 is 1.54. The molecule has 1 unspecified atom stereocenters. The van der Waals surface area contributed by atoms with Crippen LogP contribution in [0.3, 0.4) is 0 Å². The van der Waals surface area contributed by atoms with E-state index in [1.54, 1.807) is 18.7 Å². The Morgan fingerprint density at radius 2 is 2.11 bits per heavy atom. The van der Waals surface area contributed by atoms with E-state index < -0.39 is 18.0 Å². The second kappa shape index (κ2) is 6.79. The first-order valence-electron chi connectivity index (χ1n) is 9.46. The highest BCUT2D eigenvalue weighted by atomic mass is 32.2. The Kier molecular flexibility index (Phi) is 4.72. The van der Waals surface area contributed by atoms with Crippen molar-refractivity contribution in [1.29, 1.82) is 0 Å². The molecule has 4 N–H and O–H groups in total. The fraction of sp³-hybridized carbons (Fsp3) is 0.722. The number of carboxylic acid groups (broad SMARTS) is 1. The molecule has 0 aromatic rings. The lowest BCUT2D eigenvalue weighted by Gasteiger charge is -2.46. The van der Waals surface area contributed by atoms with Gasteiger partial charge < -0.3 is 25.7 Å². The molecule has 0 bridgehead atoms. The van der Waals surface area contributed by atoms with Gasteiger partial charge in [0.25, 0.3) is 0 Å². The van der Waals surface area contributed by atoms with E-state index in [1.165, 1.54) is 4.90 Å². The van der Waals surface area contributed by atoms with Gasteiger partial charge in [-0.15, -0.1) is 11.8 Å². The lowest BCUT2D eigenvalue weighted by Crippen LogP contribution is -2.63. The smallest absolute Gasteiger partial charge is 0.353 e. The van der Waals surface area contributed by atoms with E-state index in [1.807, 2.05) is 6.92 Å². The Bertz CT molecular complexity index is 724. The van der Waals surface area contributed by atoms with E-state index >= 15 is 0 Å². The number of thioether (sulfide) groups is 1. The summed E-state index contributed by atoms with van der Waals surface area (Å²) in [6.45, 7) is 5.02. The maximum atomic E-state index is 12.4. The zero-order valence-electron chi connectivity index (χ0n) is 15.3. The Labute approximate surface area is 161 Å². The monoisotopic (exact) mass is 395 g/mol. The number of aliphatic carboxylic acids is 1. The molecule has 9 heteroatoms. The number of rotatable bonds is 6. The zero-order valence-corrected chi connectivity index (χ0v) is 16.2. The largest absolute Gasteiger partial charge is 0.477 e. The molecule has 8 nitrogen and oxygen atoms in total. The van der Waals surface area contributed by atoms with Crippen LogP contribution in [0.1, 0.15) is 26.7 Å². The van der Waals surface area contributed by atoms with Crippen molar-refractivity contribution in [2.75, 3.05) is 13.1 Å². The number of hydrogen-bond donors (Lipinski definition) is 4. The number of nitrogens with one attached hydrogen (secondary N) is 2. The van der Waals surface area contributed by atoms with Gasteiger partial charge in [0, 0.05) is 35.2 Å². The molecule has 3 saturated heterocycles. The number of nitrogens with zero attached hydrogens (tertiary/aromatic N) is 1. The SMILES string of the molecule is C[C@@H](O)[C@H]1C(=O)N2C(C(=O)O)=C(S[C@@H]3CN[C@H](CC4CNC4=O)C3)[C@H](C)[C@H]12. The number of β-lactam (4-membered cyclic amide) rings is 2. The van der Waals surface area contributed by atoms with E-state index in [0.717, 1.165) is 30.8 Å². The third kappa shape index (κ3) is 2.96. The van der Waals surface area contributed by atoms with Gasteiger partial charge in [-0.1, -0.05) is 6.92 Å². The van der Waals surface area contributed by atoms with Crippen LogP contribution in [0, 0.1) is 17.8 Å². The third-order valence-electron chi connectivity index (χ3n) is 6.25. The van der Waals surface area contributed by atoms with Gasteiger partial charge in [-0.2, -0.15) is 0 Å². The minimum atomic E-state index is -1.09. The first-order valence-corrected chi connectivity index (χ1v) is 10.3. The van der Waals surface area contributed by atoms with Crippen molar-refractivity contribution < 1.29 is 24.6 Å². The minimum absolute atomic E-state index is 0.0804. The van der Waals surface area contributed by atoms with Crippen LogP contribution in [0.5, 0.6) is 0 Å². The van der Waals surface area contributed by atoms with Gasteiger partial charge in [0.2, 0.25) is 11.8 Å². The van der Waals surface area contributed by atoms with E-state index in [4.69, 9.17) is 0 Å². The predicted molar refractivity (Wildman–Crippen MR) is 98.5 cm³/mol. The molecular weight excluding hydrogens is 370 g/mol. The van der Waals surface area contributed by atoms with Crippen molar-refractivity contribution >= 4 is 29.5 Å². The quantitative estimate of drug-likeness (QED) is 0.458. The normalized spacial score (nSPS) is 39.0. The molecule has 0 spiro atoms. The number of aliphatic hydroxyl groups excluding tert-OH is 1. The summed E-state index contributed by atoms with van der Waals surface area (Å²) in [5.74, 6) is -1.82. The Balaban J connectivity index is 1.45. The molecule has 3 fully saturated rings. The number of fused-ring (bicyclic) bond motifs is 1. The van der Waals surface area contributed by atoms with E-state index in [9.17, 15) is 24.6 Å². The van der Waals surface area contributed by atoms with Crippen LogP contribution in [-0.4, -0.2) is 69.4 Å². The van der Waals surface area contributed by atoms with Crippen molar-refractivity contribution in [3.8, 4) is 0 Å². The van der Waals surface area contributed by atoms with Gasteiger partial charge in [-0.3, -0.25) is 9.59 Å². The number of carboxylic acids is 1. The lowest BCUT2D eigenvalue weighted by molar-refractivity contribution is -0.163. The number of amides is 2. The first kappa shape index (κ1) is 18.8. The predicted octanol–water partition coefficient (Wildman–Crippen LogP) is -0.260. The standard InChI is InChI=1S/C18H25N3O5S/c1-7-13-12(8(2)22)17(24)21(13)14(18(25)26)15(7)27-11-4-10(19-6-11)3-9-5-20-16(9)23/h7-13,19,22H,3-6H2,1-2H3,(H,20,23)(H,25,26)/t7-,8-,9?,10-,11+,12-,13-/m1/s1. The van der Waals surface area contributed by atoms with E-state index in [0.29, 0.717) is 0 Å². The summed E-state index contributed by atoms with van der Waals surface area (Å²) in [6.07, 6.45) is 0.892. The first-order chi connectivity index (χ1) is 12.8. The molecule has 0 aromatic carbocycles. The summed E-state index contributed by atoms with van der Waals surface area (Å²) in [4.78, 5) is 37.8.